The van der Waals surface area contributed by atoms with Crippen LogP contribution in [0.5, 0.6) is 0 Å². The number of pyridine rings is 2. The van der Waals surface area contributed by atoms with E-state index in [1.165, 1.54) is 23.0 Å². The highest BCUT2D eigenvalue weighted by Crippen LogP contribution is 2.30. The number of rotatable bonds is 6. The van der Waals surface area contributed by atoms with E-state index in [0.717, 1.165) is 0 Å². The Hall–Kier alpha value is -5.64. The van der Waals surface area contributed by atoms with Crippen LogP contribution in [0.4, 0.5) is 26.6 Å². The van der Waals surface area contributed by atoms with Gasteiger partial charge in [-0.25, -0.2) is 23.8 Å². The lowest BCUT2D eigenvalue weighted by molar-refractivity contribution is 0.262. The second-order valence-corrected chi connectivity index (χ2v) is 11.9. The van der Waals surface area contributed by atoms with Gasteiger partial charge in [0.15, 0.2) is 0 Å². The highest BCUT2D eigenvalue weighted by molar-refractivity contribution is 6.00. The summed E-state index contributed by atoms with van der Waals surface area (Å²) in [6.45, 7) is 11.4. The first-order chi connectivity index (χ1) is 21.3. The van der Waals surface area contributed by atoms with Crippen LogP contribution < -0.4 is 21.5 Å². The number of urea groups is 1. The van der Waals surface area contributed by atoms with E-state index in [0.29, 0.717) is 50.9 Å². The van der Waals surface area contributed by atoms with Gasteiger partial charge in [-0.2, -0.15) is 15.3 Å². The van der Waals surface area contributed by atoms with Gasteiger partial charge in [-0.3, -0.25) is 14.7 Å². The first-order valence-electron chi connectivity index (χ1n) is 14.3. The lowest BCUT2D eigenvalue weighted by Gasteiger charge is -2.17. The minimum Gasteiger partial charge on any atom is -0.357 e. The molecule has 5 aromatic rings. The molecule has 3 N–H and O–H groups in total. The third-order valence-electron chi connectivity index (χ3n) is 7.19. The topological polar surface area (TPSA) is 155 Å². The molecule has 0 saturated heterocycles. The molecule has 2 amide bonds. The van der Waals surface area contributed by atoms with Crippen LogP contribution in [-0.2, 0) is 5.41 Å². The van der Waals surface area contributed by atoms with Crippen molar-refractivity contribution >= 4 is 34.5 Å². The quantitative estimate of drug-likeness (QED) is 0.214. The molecule has 1 aromatic carbocycles. The summed E-state index contributed by atoms with van der Waals surface area (Å²) < 4.78 is 18.3. The van der Waals surface area contributed by atoms with Crippen molar-refractivity contribution in [1.82, 2.24) is 29.3 Å². The molecule has 0 atom stereocenters. The third-order valence-corrected chi connectivity index (χ3v) is 7.19. The predicted molar refractivity (Wildman–Crippen MR) is 171 cm³/mol. The van der Waals surface area contributed by atoms with Gasteiger partial charge in [0.25, 0.3) is 5.56 Å². The number of carbonyl (C=O) groups is 1. The van der Waals surface area contributed by atoms with Crippen LogP contribution in [0.1, 0.15) is 57.6 Å². The molecule has 12 nitrogen and oxygen atoms in total. The van der Waals surface area contributed by atoms with Crippen molar-refractivity contribution < 1.29 is 9.18 Å². The summed E-state index contributed by atoms with van der Waals surface area (Å²) in [7, 11) is 1.70. The largest absolute Gasteiger partial charge is 0.357 e. The summed E-state index contributed by atoms with van der Waals surface area (Å²) in [5.41, 5.74) is 2.43. The van der Waals surface area contributed by atoms with E-state index in [1.54, 1.807) is 49.0 Å². The Labute approximate surface area is 259 Å². The van der Waals surface area contributed by atoms with E-state index in [-0.39, 0.29) is 28.4 Å². The Kier molecular flexibility index (Phi) is 8.08. The molecule has 230 valence electrons. The molecule has 4 heterocycles. The zero-order valence-electron chi connectivity index (χ0n) is 26.0. The van der Waals surface area contributed by atoms with Gasteiger partial charge >= 0.3 is 6.03 Å². The molecule has 0 unspecified atom stereocenters. The molecule has 0 saturated carbocycles. The number of hydrogen-bond acceptors (Lipinski definition) is 8. The van der Waals surface area contributed by atoms with Crippen LogP contribution in [0, 0.1) is 24.1 Å². The average Bonchev–Trinajstić information content (AvgIpc) is 3.42. The van der Waals surface area contributed by atoms with Crippen molar-refractivity contribution in [3.63, 3.8) is 0 Å². The number of anilines is 3. The normalized spacial score (nSPS) is 11.5. The number of halogens is 1. The number of aryl methyl sites for hydroxylation is 1. The number of nitriles is 1. The van der Waals surface area contributed by atoms with E-state index in [9.17, 15) is 9.59 Å². The van der Waals surface area contributed by atoms with Gasteiger partial charge in [0, 0.05) is 41.7 Å². The van der Waals surface area contributed by atoms with Gasteiger partial charge in [0.05, 0.1) is 23.3 Å². The van der Waals surface area contributed by atoms with E-state index in [1.807, 2.05) is 40.7 Å². The van der Waals surface area contributed by atoms with Gasteiger partial charge in [-0.15, -0.1) is 0 Å². The number of hydrogen-bond donors (Lipinski definition) is 3. The molecule has 0 bridgehead atoms. The van der Waals surface area contributed by atoms with Gasteiger partial charge < -0.3 is 10.6 Å². The van der Waals surface area contributed by atoms with Gasteiger partial charge in [0.2, 0.25) is 5.95 Å². The SMILES string of the molecule is CNc1ncc2cc(-c3cc(NC(=O)Nc4cc(C(C)(C)C)nn4-c4ccc(C#N)nc4)c(F)cc3C)c(=O)n(C(C)C)c2n1. The highest BCUT2D eigenvalue weighted by Gasteiger charge is 2.23. The van der Waals surface area contributed by atoms with E-state index in [2.05, 4.69) is 36.0 Å². The molecule has 4 aromatic heterocycles. The van der Waals surface area contributed by atoms with Gasteiger partial charge in [0.1, 0.15) is 29.0 Å². The number of aromatic nitrogens is 6. The van der Waals surface area contributed by atoms with Gasteiger partial charge in [-0.1, -0.05) is 20.8 Å². The smallest absolute Gasteiger partial charge is 0.324 e. The van der Waals surface area contributed by atoms with Crippen molar-refractivity contribution in [2.75, 3.05) is 23.0 Å². The van der Waals surface area contributed by atoms with Crippen molar-refractivity contribution in [2.45, 2.75) is 53.0 Å². The first kappa shape index (κ1) is 30.8. The minimum absolute atomic E-state index is 0.118. The summed E-state index contributed by atoms with van der Waals surface area (Å²) in [6.07, 6.45) is 3.10. The third kappa shape index (κ3) is 6.08. The summed E-state index contributed by atoms with van der Waals surface area (Å²) in [5.74, 6) is 0.0245. The monoisotopic (exact) mass is 608 g/mol. The number of amides is 2. The Bertz CT molecular complexity index is 2030. The summed E-state index contributed by atoms with van der Waals surface area (Å²) >= 11 is 0. The van der Waals surface area contributed by atoms with E-state index in [4.69, 9.17) is 5.26 Å². The molecule has 45 heavy (non-hydrogen) atoms. The summed E-state index contributed by atoms with van der Waals surface area (Å²) in [5, 5.41) is 22.6. The Balaban J connectivity index is 1.52. The van der Waals surface area contributed by atoms with Crippen LogP contribution in [0.3, 0.4) is 0 Å². The van der Waals surface area contributed by atoms with Crippen molar-refractivity contribution in [2.24, 2.45) is 0 Å². The van der Waals surface area contributed by atoms with Crippen LogP contribution in [0.15, 0.2) is 53.6 Å². The molecule has 0 radical (unpaired) electrons. The Morgan fingerprint density at radius 3 is 2.42 bits per heavy atom. The van der Waals surface area contributed by atoms with Crippen molar-refractivity contribution in [3.05, 3.63) is 81.9 Å². The Morgan fingerprint density at radius 1 is 1.04 bits per heavy atom. The summed E-state index contributed by atoms with van der Waals surface area (Å²) in [6, 6.07) is 10.4. The van der Waals surface area contributed by atoms with Gasteiger partial charge in [-0.05, 0) is 62.2 Å². The highest BCUT2D eigenvalue weighted by atomic mass is 19.1. The molecule has 13 heteroatoms. The number of nitrogens with zero attached hydrogens (tertiary/aromatic N) is 7. The average molecular weight is 609 g/mol. The standard InChI is InChI=1S/C32H33FN10O2/c1-17(2)42-28-19(15-37-30(35-7)40-28)11-23(29(42)44)22-12-25(24(33)10-18(22)3)38-31(45)39-27-13-26(32(4,5)6)41-43(27)21-9-8-20(14-34)36-16-21/h8-13,15-17H,1-7H3,(H,35,37,40)(H2,38,39,45). The van der Waals surface area contributed by atoms with Crippen LogP contribution in [0.25, 0.3) is 27.8 Å². The molecule has 0 spiro atoms. The Morgan fingerprint density at radius 2 is 1.80 bits per heavy atom. The minimum atomic E-state index is -0.724. The van der Waals surface area contributed by atoms with E-state index < -0.39 is 11.8 Å². The molecule has 0 aliphatic carbocycles. The van der Waals surface area contributed by atoms with E-state index >= 15 is 4.39 Å². The number of fused-ring (bicyclic) bond motifs is 1. The second-order valence-electron chi connectivity index (χ2n) is 11.9. The van der Waals surface area contributed by atoms with Crippen LogP contribution in [-0.4, -0.2) is 42.4 Å². The maximum absolute atomic E-state index is 15.3. The fourth-order valence-corrected chi connectivity index (χ4v) is 4.85. The van der Waals surface area contributed by atoms with Crippen molar-refractivity contribution in [1.29, 1.82) is 5.26 Å². The lowest BCUT2D eigenvalue weighted by Crippen LogP contribution is -2.25. The van der Waals surface area contributed by atoms with Crippen LogP contribution >= 0.6 is 0 Å². The fourth-order valence-electron chi connectivity index (χ4n) is 4.85. The maximum atomic E-state index is 15.3. The van der Waals surface area contributed by atoms with Crippen LogP contribution in [0.2, 0.25) is 0 Å². The zero-order valence-corrected chi connectivity index (χ0v) is 26.0. The molecule has 0 fully saturated rings. The molecule has 5 rings (SSSR count). The second kappa shape index (κ2) is 11.8. The molecular weight excluding hydrogens is 575 g/mol. The number of carbonyl (C=O) groups excluding carboxylic acids is 1. The summed E-state index contributed by atoms with van der Waals surface area (Å²) in [4.78, 5) is 39.9. The number of nitrogens with one attached hydrogen (secondary N) is 3. The first-order valence-corrected chi connectivity index (χ1v) is 14.3. The fraction of sp³-hybridized carbons (Fsp3) is 0.281. The number of benzene rings is 1. The zero-order chi connectivity index (χ0) is 32.6. The maximum Gasteiger partial charge on any atom is 0.324 e. The molecular formula is C32H33FN10O2. The predicted octanol–water partition coefficient (Wildman–Crippen LogP) is 5.92. The lowest BCUT2D eigenvalue weighted by atomic mass is 9.92. The van der Waals surface area contributed by atoms with Crippen molar-refractivity contribution in [3.8, 4) is 22.9 Å². The molecule has 0 aliphatic heterocycles. The molecule has 0 aliphatic rings.